The highest BCUT2D eigenvalue weighted by molar-refractivity contribution is 7.89. The Balaban J connectivity index is 1.46. The molecule has 0 unspecified atom stereocenters. The molecule has 4 rings (SSSR count). The van der Waals surface area contributed by atoms with Crippen molar-refractivity contribution in [3.05, 3.63) is 41.4 Å². The first-order chi connectivity index (χ1) is 15.7. The van der Waals surface area contributed by atoms with Crippen molar-refractivity contribution in [3.8, 4) is 11.5 Å². The van der Waals surface area contributed by atoms with Crippen molar-refractivity contribution in [3.63, 3.8) is 0 Å². The largest absolute Gasteiger partial charge is 0.454 e. The fourth-order valence-corrected chi connectivity index (χ4v) is 5.55. The number of amides is 2. The number of nitrogens with zero attached hydrogens (tertiary/aromatic N) is 2. The van der Waals surface area contributed by atoms with Gasteiger partial charge in [0.25, 0.3) is 0 Å². The van der Waals surface area contributed by atoms with Crippen LogP contribution < -0.4 is 19.7 Å². The molecule has 0 radical (unpaired) electrons. The first kappa shape index (κ1) is 23.3. The van der Waals surface area contributed by atoms with E-state index in [1.54, 1.807) is 38.1 Å². The van der Waals surface area contributed by atoms with E-state index < -0.39 is 15.9 Å². The van der Waals surface area contributed by atoms with Gasteiger partial charge in [-0.2, -0.15) is 4.31 Å². The number of rotatable bonds is 7. The molecule has 2 aliphatic heterocycles. The number of anilines is 2. The van der Waals surface area contributed by atoms with Crippen LogP contribution in [0.2, 0.25) is 5.02 Å². The minimum atomic E-state index is -3.59. The molecule has 1 saturated heterocycles. The van der Waals surface area contributed by atoms with E-state index in [2.05, 4.69) is 5.32 Å². The molecule has 11 heteroatoms. The second kappa shape index (κ2) is 9.20. The lowest BCUT2D eigenvalue weighted by atomic mass is 10.1. The molecule has 2 aromatic rings. The Morgan fingerprint density at radius 1 is 1.15 bits per heavy atom. The normalized spacial score (nSPS) is 17.6. The number of sulfonamides is 1. The number of carbonyl (C=O) groups excluding carboxylic acids is 2. The minimum absolute atomic E-state index is 0.0352. The van der Waals surface area contributed by atoms with E-state index in [4.69, 9.17) is 21.1 Å². The summed E-state index contributed by atoms with van der Waals surface area (Å²) in [5.74, 6) is -0.151. The standard InChI is InChI=1S/C22H24ClN3O6S/c1-3-25(4-2)33(29,30)16-7-5-15(6-8-16)26-12-14(9-21(26)27)22(28)24-18-11-20-19(10-17(18)23)31-13-32-20/h5-8,10-11,14H,3-4,9,12-13H2,1-2H3,(H,24,28)/t14-/m1/s1. The van der Waals surface area contributed by atoms with Crippen molar-refractivity contribution >= 4 is 44.8 Å². The maximum absolute atomic E-state index is 12.8. The Kier molecular flexibility index (Phi) is 6.51. The Hall–Kier alpha value is -2.82. The molecule has 0 spiro atoms. The highest BCUT2D eigenvalue weighted by Crippen LogP contribution is 2.39. The van der Waals surface area contributed by atoms with Crippen molar-refractivity contribution in [2.75, 3.05) is 36.6 Å². The van der Waals surface area contributed by atoms with Crippen LogP contribution in [0.3, 0.4) is 0 Å². The number of ether oxygens (including phenoxy) is 2. The topological polar surface area (TPSA) is 105 Å². The lowest BCUT2D eigenvalue weighted by Gasteiger charge is -2.20. The summed E-state index contributed by atoms with van der Waals surface area (Å²) in [5, 5.41) is 3.06. The Morgan fingerprint density at radius 3 is 2.42 bits per heavy atom. The zero-order valence-corrected chi connectivity index (χ0v) is 19.8. The van der Waals surface area contributed by atoms with Gasteiger partial charge in [-0.3, -0.25) is 9.59 Å². The van der Waals surface area contributed by atoms with Gasteiger partial charge in [0.05, 0.1) is 21.5 Å². The first-order valence-corrected chi connectivity index (χ1v) is 12.4. The summed E-state index contributed by atoms with van der Waals surface area (Å²) in [6.07, 6.45) is 0.0352. The van der Waals surface area contributed by atoms with Gasteiger partial charge in [-0.25, -0.2) is 8.42 Å². The van der Waals surface area contributed by atoms with Crippen LogP contribution in [-0.4, -0.2) is 51.0 Å². The third kappa shape index (κ3) is 4.50. The summed E-state index contributed by atoms with van der Waals surface area (Å²) in [6.45, 7) is 4.56. The molecule has 176 valence electrons. The van der Waals surface area contributed by atoms with Crippen molar-refractivity contribution in [1.82, 2.24) is 4.31 Å². The summed E-state index contributed by atoms with van der Waals surface area (Å²) in [4.78, 5) is 27.1. The number of hydrogen-bond donors (Lipinski definition) is 1. The maximum atomic E-state index is 12.8. The fourth-order valence-electron chi connectivity index (χ4n) is 3.89. The molecule has 2 aliphatic rings. The summed E-state index contributed by atoms with van der Waals surface area (Å²) in [5.41, 5.74) is 0.915. The highest BCUT2D eigenvalue weighted by Gasteiger charge is 2.36. The summed E-state index contributed by atoms with van der Waals surface area (Å²) >= 11 is 6.23. The summed E-state index contributed by atoms with van der Waals surface area (Å²) < 4.78 is 37.3. The van der Waals surface area contributed by atoms with Crippen molar-refractivity contribution in [1.29, 1.82) is 0 Å². The molecule has 0 aromatic heterocycles. The number of nitrogens with one attached hydrogen (secondary N) is 1. The van der Waals surface area contributed by atoms with Crippen LogP contribution in [0.15, 0.2) is 41.3 Å². The molecule has 2 heterocycles. The number of hydrogen-bond acceptors (Lipinski definition) is 6. The molecule has 33 heavy (non-hydrogen) atoms. The quantitative estimate of drug-likeness (QED) is 0.635. The number of benzene rings is 2. The third-order valence-corrected chi connectivity index (χ3v) is 8.08. The second-order valence-corrected chi connectivity index (χ2v) is 10.0. The molecule has 2 amide bonds. The molecule has 1 atom stereocenters. The van der Waals surface area contributed by atoms with E-state index in [1.807, 2.05) is 0 Å². The second-order valence-electron chi connectivity index (χ2n) is 7.66. The van der Waals surface area contributed by atoms with Gasteiger partial charge >= 0.3 is 0 Å². The van der Waals surface area contributed by atoms with Gasteiger partial charge in [0.15, 0.2) is 11.5 Å². The van der Waals surface area contributed by atoms with Gasteiger partial charge < -0.3 is 19.7 Å². The maximum Gasteiger partial charge on any atom is 0.243 e. The monoisotopic (exact) mass is 493 g/mol. The zero-order chi connectivity index (χ0) is 23.8. The van der Waals surface area contributed by atoms with E-state index in [-0.39, 0.29) is 36.5 Å². The van der Waals surface area contributed by atoms with E-state index in [9.17, 15) is 18.0 Å². The molecule has 9 nitrogen and oxygen atoms in total. The van der Waals surface area contributed by atoms with Gasteiger partial charge in [0.2, 0.25) is 28.6 Å². The molecule has 1 N–H and O–H groups in total. The Bertz CT molecular complexity index is 1180. The summed E-state index contributed by atoms with van der Waals surface area (Å²) in [6, 6.07) is 9.30. The minimum Gasteiger partial charge on any atom is -0.454 e. The Labute approximate surface area is 197 Å². The lowest BCUT2D eigenvalue weighted by Crippen LogP contribution is -2.31. The average molecular weight is 494 g/mol. The zero-order valence-electron chi connectivity index (χ0n) is 18.2. The van der Waals surface area contributed by atoms with Crippen molar-refractivity contribution in [2.24, 2.45) is 5.92 Å². The van der Waals surface area contributed by atoms with E-state index in [1.165, 1.54) is 21.3 Å². The van der Waals surface area contributed by atoms with Gasteiger partial charge in [0, 0.05) is 43.9 Å². The number of halogens is 1. The van der Waals surface area contributed by atoms with Gasteiger partial charge in [-0.1, -0.05) is 25.4 Å². The molecule has 0 saturated carbocycles. The molecule has 2 aromatic carbocycles. The van der Waals surface area contributed by atoms with Crippen LogP contribution in [-0.2, 0) is 19.6 Å². The fraction of sp³-hybridized carbons (Fsp3) is 0.364. The predicted molar refractivity (Wildman–Crippen MR) is 123 cm³/mol. The predicted octanol–water partition coefficient (Wildman–Crippen LogP) is 3.09. The lowest BCUT2D eigenvalue weighted by molar-refractivity contribution is -0.122. The average Bonchev–Trinajstić information content (AvgIpc) is 3.40. The van der Waals surface area contributed by atoms with Crippen molar-refractivity contribution < 1.29 is 27.5 Å². The van der Waals surface area contributed by atoms with Crippen LogP contribution in [0.1, 0.15) is 20.3 Å². The van der Waals surface area contributed by atoms with E-state index in [0.29, 0.717) is 41.0 Å². The molecular weight excluding hydrogens is 470 g/mol. The smallest absolute Gasteiger partial charge is 0.243 e. The molecular formula is C22H24ClN3O6S. The van der Waals surface area contributed by atoms with Gasteiger partial charge in [-0.15, -0.1) is 0 Å². The third-order valence-electron chi connectivity index (χ3n) is 5.71. The van der Waals surface area contributed by atoms with Crippen LogP contribution >= 0.6 is 11.6 Å². The molecule has 0 bridgehead atoms. The number of carbonyl (C=O) groups is 2. The van der Waals surface area contributed by atoms with Crippen LogP contribution in [0.25, 0.3) is 0 Å². The Morgan fingerprint density at radius 2 is 1.79 bits per heavy atom. The van der Waals surface area contributed by atoms with Crippen LogP contribution in [0.5, 0.6) is 11.5 Å². The van der Waals surface area contributed by atoms with Gasteiger partial charge in [0.1, 0.15) is 0 Å². The SMILES string of the molecule is CCN(CC)S(=O)(=O)c1ccc(N2C[C@H](C(=O)Nc3cc4c(cc3Cl)OCO4)CC2=O)cc1. The number of fused-ring (bicyclic) bond motifs is 1. The molecule has 1 fully saturated rings. The molecule has 0 aliphatic carbocycles. The van der Waals surface area contributed by atoms with Crippen molar-refractivity contribution in [2.45, 2.75) is 25.2 Å². The van der Waals surface area contributed by atoms with Crippen LogP contribution in [0, 0.1) is 5.92 Å². The van der Waals surface area contributed by atoms with Gasteiger partial charge in [-0.05, 0) is 24.3 Å². The highest BCUT2D eigenvalue weighted by atomic mass is 35.5. The first-order valence-electron chi connectivity index (χ1n) is 10.5. The van der Waals surface area contributed by atoms with E-state index >= 15 is 0 Å². The van der Waals surface area contributed by atoms with E-state index in [0.717, 1.165) is 0 Å². The van der Waals surface area contributed by atoms with Crippen LogP contribution in [0.4, 0.5) is 11.4 Å². The summed E-state index contributed by atoms with van der Waals surface area (Å²) in [7, 11) is -3.59.